The smallest absolute Gasteiger partial charge is 0.246 e. The molecule has 1 aliphatic carbocycles. The first kappa shape index (κ1) is 50.0. The number of likely N-dealkylation sites (tertiary alicyclic amines) is 1. The number of Topliss-reactive ketones (excluding diaryl/α,β-unsaturated/α-hetero) is 1. The lowest BCUT2D eigenvalue weighted by Crippen LogP contribution is -2.57. The van der Waals surface area contributed by atoms with Gasteiger partial charge in [-0.25, -0.2) is 22.2 Å². The Kier molecular flexibility index (Phi) is 15.2. The molecule has 3 atom stereocenters. The number of nitrogens with one attached hydrogen (secondary N) is 2. The Bertz CT molecular complexity index is 2730. The number of hydrogen-bond acceptors (Lipinski definition) is 12. The Labute approximate surface area is 398 Å². The number of anilines is 1. The van der Waals surface area contributed by atoms with Crippen molar-refractivity contribution in [2.75, 3.05) is 43.4 Å². The van der Waals surface area contributed by atoms with Gasteiger partial charge in [0.2, 0.25) is 23.6 Å². The number of fused-ring (bicyclic) bond motifs is 1. The van der Waals surface area contributed by atoms with Crippen LogP contribution in [0.2, 0.25) is 0 Å². The van der Waals surface area contributed by atoms with Crippen molar-refractivity contribution in [3.63, 3.8) is 0 Å². The lowest BCUT2D eigenvalue weighted by Gasteiger charge is -2.36. The van der Waals surface area contributed by atoms with E-state index in [1.54, 1.807) is 67.8 Å². The van der Waals surface area contributed by atoms with Gasteiger partial charge in [-0.3, -0.25) is 29.0 Å². The van der Waals surface area contributed by atoms with Gasteiger partial charge in [-0.15, -0.1) is 11.3 Å². The Morgan fingerprint density at radius 1 is 0.985 bits per heavy atom. The molecule has 0 saturated carbocycles. The fourth-order valence-corrected chi connectivity index (χ4v) is 11.1. The van der Waals surface area contributed by atoms with Gasteiger partial charge < -0.3 is 30.4 Å². The second kappa shape index (κ2) is 20.7. The number of piperazine rings is 1. The summed E-state index contributed by atoms with van der Waals surface area (Å²) >= 11 is 1.55. The molecule has 4 heterocycles. The predicted molar refractivity (Wildman–Crippen MR) is 254 cm³/mol. The maximum absolute atomic E-state index is 15.6. The highest BCUT2D eigenvalue weighted by atomic mass is 32.2. The maximum atomic E-state index is 15.6. The summed E-state index contributed by atoms with van der Waals surface area (Å²) in [6.45, 7) is 10.5. The Morgan fingerprint density at radius 2 is 1.71 bits per heavy atom. The number of sulfone groups is 1. The third-order valence-electron chi connectivity index (χ3n) is 12.6. The molecule has 0 spiro atoms. The van der Waals surface area contributed by atoms with Crippen molar-refractivity contribution < 1.29 is 46.3 Å². The van der Waals surface area contributed by atoms with Crippen LogP contribution >= 0.6 is 11.3 Å². The molecule has 2 saturated heterocycles. The molecule has 4 aromatic rings. The molecule has 0 bridgehead atoms. The summed E-state index contributed by atoms with van der Waals surface area (Å²) < 4.78 is 55.6. The van der Waals surface area contributed by atoms with E-state index in [1.807, 2.05) is 36.1 Å². The highest BCUT2D eigenvalue weighted by Crippen LogP contribution is 2.35. The quantitative estimate of drug-likeness (QED) is 0.125. The van der Waals surface area contributed by atoms with E-state index in [0.717, 1.165) is 33.8 Å². The lowest BCUT2D eigenvalue weighted by molar-refractivity contribution is -0.144. The van der Waals surface area contributed by atoms with E-state index in [2.05, 4.69) is 20.6 Å². The normalized spacial score (nSPS) is 17.7. The maximum Gasteiger partial charge on any atom is 0.246 e. The van der Waals surface area contributed by atoms with Crippen molar-refractivity contribution in [1.29, 1.82) is 0 Å². The number of allylic oxidation sites excluding steroid dienone is 2. The van der Waals surface area contributed by atoms with Gasteiger partial charge in [-0.2, -0.15) is 0 Å². The third kappa shape index (κ3) is 11.3. The molecule has 7 rings (SSSR count). The van der Waals surface area contributed by atoms with Crippen LogP contribution in [-0.2, 0) is 47.7 Å². The minimum absolute atomic E-state index is 0.0441. The van der Waals surface area contributed by atoms with Gasteiger partial charge >= 0.3 is 0 Å². The molecule has 0 unspecified atom stereocenters. The highest BCUT2D eigenvalue weighted by Gasteiger charge is 2.44. The predicted octanol–water partition coefficient (Wildman–Crippen LogP) is 5.18. The molecule has 2 aromatic carbocycles. The first-order chi connectivity index (χ1) is 32.2. The summed E-state index contributed by atoms with van der Waals surface area (Å²) in [7, 11) is -3.67. The number of nitrogens with zero attached hydrogens (tertiary/aromatic N) is 5. The van der Waals surface area contributed by atoms with Crippen molar-refractivity contribution in [3.8, 4) is 10.4 Å². The van der Waals surface area contributed by atoms with Crippen LogP contribution in [0.5, 0.6) is 0 Å². The highest BCUT2D eigenvalue weighted by molar-refractivity contribution is 7.90. The van der Waals surface area contributed by atoms with Crippen LogP contribution in [0, 0.1) is 24.0 Å². The zero-order valence-electron chi connectivity index (χ0n) is 38.8. The van der Waals surface area contributed by atoms with E-state index in [9.17, 15) is 37.5 Å². The number of aryl methyl sites for hydroxylation is 1. The second-order valence-corrected chi connectivity index (χ2v) is 21.7. The average Bonchev–Trinajstić information content (AvgIpc) is 4.05. The molecular weight excluding hydrogens is 917 g/mol. The summed E-state index contributed by atoms with van der Waals surface area (Å²) in [6, 6.07) is 9.43. The molecule has 4 amide bonds. The first-order valence-corrected chi connectivity index (χ1v) is 25.4. The van der Waals surface area contributed by atoms with E-state index in [4.69, 9.17) is 0 Å². The van der Waals surface area contributed by atoms with Crippen LogP contribution in [0.15, 0.2) is 60.2 Å². The topological polar surface area (TPSA) is 199 Å². The zero-order chi connectivity index (χ0) is 49.1. The van der Waals surface area contributed by atoms with Crippen LogP contribution < -0.4 is 15.5 Å². The van der Waals surface area contributed by atoms with Crippen molar-refractivity contribution in [2.24, 2.45) is 5.41 Å². The Hall–Kier alpha value is -5.92. The number of aliphatic hydroxyl groups excluding tert-OH is 1. The number of β-amino-alcohol motifs (C(OH)–C–C–N with tert-alkyl or cyclic N) is 1. The summed E-state index contributed by atoms with van der Waals surface area (Å²) in [5.74, 6) is -5.75. The largest absolute Gasteiger partial charge is 0.391 e. The van der Waals surface area contributed by atoms with E-state index in [1.165, 1.54) is 4.90 Å². The number of ketones is 1. The number of aromatic nitrogens is 2. The van der Waals surface area contributed by atoms with Crippen molar-refractivity contribution in [1.82, 2.24) is 30.4 Å². The number of benzene rings is 2. The molecule has 3 aliphatic rings. The second-order valence-electron chi connectivity index (χ2n) is 18.6. The number of carbonyl (C=O) groups is 5. The SMILES string of the molecule is CCCS(=O)(=O)Cc1ccc(F)c(C(=O)C2=CCc3ncc(N4CCN(C(=O)CCC(=O)N[C@H](C(=O)N5C[C@H](O)C[C@H]5C(=O)NCc5ccc(-c6scnc6C)cc5)C(C)(C)C)CC4)cc32)c1F. The first-order valence-electron chi connectivity index (χ1n) is 22.7. The van der Waals surface area contributed by atoms with Gasteiger partial charge in [0.25, 0.3) is 0 Å². The van der Waals surface area contributed by atoms with Gasteiger partial charge in [0.05, 0.1) is 56.8 Å². The third-order valence-corrected chi connectivity index (χ3v) is 15.3. The van der Waals surface area contributed by atoms with Crippen LogP contribution in [0.4, 0.5) is 14.5 Å². The molecule has 68 heavy (non-hydrogen) atoms. The minimum atomic E-state index is -3.67. The Morgan fingerprint density at radius 3 is 2.37 bits per heavy atom. The van der Waals surface area contributed by atoms with Crippen LogP contribution in [0.25, 0.3) is 16.0 Å². The fraction of sp³-hybridized carbons (Fsp3) is 0.449. The molecular formula is C49H57F2N7O8S2. The van der Waals surface area contributed by atoms with Gasteiger partial charge in [0.15, 0.2) is 15.6 Å². The summed E-state index contributed by atoms with van der Waals surface area (Å²) in [5, 5.41) is 16.3. The number of carbonyl (C=O) groups excluding carboxylic acids is 5. The molecule has 2 aromatic heterocycles. The van der Waals surface area contributed by atoms with E-state index < -0.39 is 79.9 Å². The molecule has 19 heteroatoms. The van der Waals surface area contributed by atoms with Gasteiger partial charge in [0.1, 0.15) is 23.7 Å². The number of rotatable bonds is 16. The number of hydrogen-bond donors (Lipinski definition) is 3. The zero-order valence-corrected chi connectivity index (χ0v) is 40.4. The number of aliphatic hydroxyl groups is 1. The number of halogens is 2. The standard InChI is InChI=1S/C49H57F2N7O8S2/c1-6-21-68(65,66)27-32-11-13-37(50)42(43(32)51)44(62)35-12-14-38-36(35)22-33(25-52-38)56-17-19-57(20-18-56)41(61)16-15-40(60)55-46(49(3,4)5)48(64)58-26-34(59)23-39(58)47(63)53-24-30-7-9-31(10-8-30)45-29(2)54-28-67-45/h7-13,22,25,28,34,39,46,59H,6,14-21,23-24,26-27H2,1-5H3,(H,53,63)(H,55,60)/t34-,39+,46-/m1/s1. The van der Waals surface area contributed by atoms with Crippen LogP contribution in [0.1, 0.15) is 91.8 Å². The van der Waals surface area contributed by atoms with Gasteiger partial charge in [-0.1, -0.05) is 64.1 Å². The number of thiazole rings is 1. The fourth-order valence-electron chi connectivity index (χ4n) is 8.85. The van der Waals surface area contributed by atoms with Gasteiger partial charge in [-0.05, 0) is 42.0 Å². The molecule has 0 radical (unpaired) electrons. The molecule has 362 valence electrons. The van der Waals surface area contributed by atoms with Crippen LogP contribution in [-0.4, -0.2) is 119 Å². The van der Waals surface area contributed by atoms with Crippen LogP contribution in [0.3, 0.4) is 0 Å². The molecule has 2 fully saturated rings. The van der Waals surface area contributed by atoms with Crippen molar-refractivity contribution in [2.45, 2.75) is 97.2 Å². The number of amides is 4. The average molecular weight is 974 g/mol. The minimum Gasteiger partial charge on any atom is -0.391 e. The summed E-state index contributed by atoms with van der Waals surface area (Å²) in [6.07, 6.45) is 2.58. The Balaban J connectivity index is 0.912. The summed E-state index contributed by atoms with van der Waals surface area (Å²) in [5.41, 5.74) is 4.36. The molecule has 2 aliphatic heterocycles. The molecule has 15 nitrogen and oxygen atoms in total. The van der Waals surface area contributed by atoms with Crippen molar-refractivity contribution >= 4 is 61.8 Å². The van der Waals surface area contributed by atoms with E-state index in [-0.39, 0.29) is 61.6 Å². The van der Waals surface area contributed by atoms with E-state index >= 15 is 8.78 Å². The lowest BCUT2D eigenvalue weighted by atomic mass is 9.85. The summed E-state index contributed by atoms with van der Waals surface area (Å²) in [4.78, 5) is 82.9. The molecule has 3 N–H and O–H groups in total. The number of pyridine rings is 1. The van der Waals surface area contributed by atoms with Gasteiger partial charge in [0, 0.05) is 81.7 Å². The van der Waals surface area contributed by atoms with E-state index in [0.29, 0.717) is 49.5 Å². The monoisotopic (exact) mass is 973 g/mol. The van der Waals surface area contributed by atoms with Crippen molar-refractivity contribution in [3.05, 3.63) is 106 Å².